The zero-order valence-electron chi connectivity index (χ0n) is 5.87. The van der Waals surface area contributed by atoms with Gasteiger partial charge < -0.3 is 10.8 Å². The molecule has 0 aromatic rings. The van der Waals surface area contributed by atoms with Gasteiger partial charge in [-0.1, -0.05) is 0 Å². The first kappa shape index (κ1) is 17.4. The number of carboxylic acid groups (broad SMARTS) is 1. The molecule has 4 radical (unpaired) electrons. The zero-order valence-corrected chi connectivity index (χ0v) is 10.6. The van der Waals surface area contributed by atoms with E-state index in [1.165, 1.54) is 0 Å². The molecule has 0 fully saturated rings. The number of carbonyl (C=O) groups is 2. The number of halogens is 1. The summed E-state index contributed by atoms with van der Waals surface area (Å²) in [6.45, 7) is -0.0622. The van der Waals surface area contributed by atoms with Crippen molar-refractivity contribution in [3.63, 3.8) is 0 Å². The fourth-order valence-electron chi connectivity index (χ4n) is 0.348. The maximum Gasteiger partial charge on any atom is 0.303 e. The number of aliphatic carboxylic acids is 1. The normalized spacial score (nSPS) is 7.36. The van der Waals surface area contributed by atoms with Gasteiger partial charge in [0.15, 0.2) is 0 Å². The minimum absolute atomic E-state index is 0. The zero-order chi connectivity index (χ0) is 7.28. The van der Waals surface area contributed by atoms with Crippen LogP contribution in [0.15, 0.2) is 0 Å². The van der Waals surface area contributed by atoms with Crippen LogP contribution in [0, 0.1) is 0 Å². The molecule has 0 bridgehead atoms. The average molecular weight is 375 g/mol. The van der Waals surface area contributed by atoms with Crippen LogP contribution in [-0.2, 0) is 9.59 Å². The summed E-state index contributed by atoms with van der Waals surface area (Å²) >= 11 is 0. The molecule has 0 rings (SSSR count). The molecule has 0 aliphatic carbocycles. The van der Waals surface area contributed by atoms with Crippen LogP contribution in [0.3, 0.4) is 0 Å². The Hall–Kier alpha value is 0.312. The quantitative estimate of drug-likeness (QED) is 0.645. The number of nitrogens with two attached hydrogens (primary N) is 1. The van der Waals surface area contributed by atoms with Crippen molar-refractivity contribution in [2.24, 2.45) is 5.73 Å². The molecule has 0 spiro atoms. The molecule has 0 aliphatic rings. The molecule has 0 saturated heterocycles. The Kier molecular flexibility index (Phi) is 16.3. The van der Waals surface area contributed by atoms with Gasteiger partial charge in [-0.2, -0.15) is 0 Å². The van der Waals surface area contributed by atoms with Gasteiger partial charge in [0.25, 0.3) is 0 Å². The fraction of sp³-hybridized carbons (Fsp3) is 0.600. The Balaban J connectivity index is -0.000000320. The van der Waals surface area contributed by atoms with Crippen LogP contribution in [0.4, 0.5) is 0 Å². The summed E-state index contributed by atoms with van der Waals surface area (Å²) in [5.74, 6) is -1.17. The van der Waals surface area contributed by atoms with E-state index >= 15 is 0 Å². The second kappa shape index (κ2) is 10.3. The van der Waals surface area contributed by atoms with Crippen molar-refractivity contribution in [2.75, 3.05) is 6.54 Å². The van der Waals surface area contributed by atoms with Crippen LogP contribution in [0.1, 0.15) is 12.8 Å². The molecule has 0 heterocycles. The molecular weight excluding hydrogens is 365 g/mol. The van der Waals surface area contributed by atoms with E-state index in [9.17, 15) is 9.59 Å². The topological polar surface area (TPSA) is 80.4 Å². The van der Waals surface area contributed by atoms with Crippen molar-refractivity contribution < 1.29 is 14.7 Å². The van der Waals surface area contributed by atoms with Gasteiger partial charge >= 0.3 is 5.97 Å². The minimum Gasteiger partial charge on any atom is -0.481 e. The number of carbonyl (C=O) groups excluding carboxylic acids is 1. The average Bonchev–Trinajstić information content (AvgIpc) is 1.83. The Morgan fingerprint density at radius 3 is 2.00 bits per heavy atom. The van der Waals surface area contributed by atoms with E-state index in [2.05, 4.69) is 0 Å². The van der Waals surface area contributed by atoms with E-state index in [1.807, 2.05) is 0 Å². The van der Waals surface area contributed by atoms with Crippen LogP contribution in [0.2, 0.25) is 0 Å². The Morgan fingerprint density at radius 1 is 1.27 bits per heavy atom. The third kappa shape index (κ3) is 13.3. The monoisotopic (exact) mass is 375 g/mol. The molecule has 6 heteroatoms. The second-order valence-electron chi connectivity index (χ2n) is 1.64. The van der Waals surface area contributed by atoms with Crippen molar-refractivity contribution in [3.05, 3.63) is 0 Å². The molecule has 4 nitrogen and oxygen atoms in total. The summed E-state index contributed by atoms with van der Waals surface area (Å²) in [4.78, 5) is 20.2. The van der Waals surface area contributed by atoms with Gasteiger partial charge in [-0.15, -0.1) is 12.4 Å². The van der Waals surface area contributed by atoms with Gasteiger partial charge in [0.2, 0.25) is 0 Å². The predicted molar refractivity (Wildman–Crippen MR) is 43.9 cm³/mol. The first-order chi connectivity index (χ1) is 4.16. The third-order valence-corrected chi connectivity index (χ3v) is 0.845. The Bertz CT molecular complexity index is 131. The first-order valence-electron chi connectivity index (χ1n) is 2.60. The third-order valence-electron chi connectivity index (χ3n) is 0.845. The molecule has 0 aliphatic heterocycles. The predicted octanol–water partition coefficient (Wildman–Crippen LogP) is -0.580. The Labute approximate surface area is 91.1 Å². The number of ketones is 1. The first-order valence-corrected chi connectivity index (χ1v) is 2.60. The van der Waals surface area contributed by atoms with E-state index in [0.717, 1.165) is 0 Å². The Morgan fingerprint density at radius 2 is 1.73 bits per heavy atom. The molecular formula is C5H10ClNO3Pb. The maximum atomic E-state index is 10.3. The number of rotatable bonds is 4. The van der Waals surface area contributed by atoms with Crippen molar-refractivity contribution in [2.45, 2.75) is 12.8 Å². The van der Waals surface area contributed by atoms with Gasteiger partial charge in [-0.05, 0) is 0 Å². The number of Topliss-reactive ketones (excluding diaryl/α,β-unsaturated/α-hetero) is 1. The van der Waals surface area contributed by atoms with Gasteiger partial charge in [-0.3, -0.25) is 9.59 Å². The van der Waals surface area contributed by atoms with Gasteiger partial charge in [0, 0.05) is 33.7 Å². The van der Waals surface area contributed by atoms with Crippen LogP contribution in [-0.4, -0.2) is 50.7 Å². The smallest absolute Gasteiger partial charge is 0.303 e. The molecule has 3 N–H and O–H groups in total. The summed E-state index contributed by atoms with van der Waals surface area (Å²) in [6.07, 6.45) is -0.0676. The van der Waals surface area contributed by atoms with Gasteiger partial charge in [-0.25, -0.2) is 0 Å². The van der Waals surface area contributed by atoms with E-state index in [-0.39, 0.29) is 64.9 Å². The number of hydrogen-bond acceptors (Lipinski definition) is 3. The standard InChI is InChI=1S/C5H9NO3.ClH.Pb/c6-3-4(7)1-2-5(8)9;;/h1-3,6H2,(H,8,9);1H;. The largest absolute Gasteiger partial charge is 0.481 e. The summed E-state index contributed by atoms with van der Waals surface area (Å²) in [5.41, 5.74) is 4.92. The van der Waals surface area contributed by atoms with E-state index in [4.69, 9.17) is 10.8 Å². The summed E-state index contributed by atoms with van der Waals surface area (Å²) < 4.78 is 0. The SMILES string of the molecule is Cl.NCC(=O)CCC(=O)O.[Pb]. The van der Waals surface area contributed by atoms with E-state index in [1.54, 1.807) is 0 Å². The molecule has 64 valence electrons. The van der Waals surface area contributed by atoms with Crippen LogP contribution in [0.5, 0.6) is 0 Å². The summed E-state index contributed by atoms with van der Waals surface area (Å²) in [7, 11) is 0. The molecule has 11 heavy (non-hydrogen) atoms. The molecule has 0 unspecified atom stereocenters. The van der Waals surface area contributed by atoms with Crippen molar-refractivity contribution in [1.82, 2.24) is 0 Å². The number of hydrogen-bond donors (Lipinski definition) is 2. The van der Waals surface area contributed by atoms with Crippen molar-refractivity contribution >= 4 is 51.5 Å². The summed E-state index contributed by atoms with van der Waals surface area (Å²) in [5, 5.41) is 8.06. The number of carboxylic acids is 1. The van der Waals surface area contributed by atoms with Crippen LogP contribution in [0.25, 0.3) is 0 Å². The molecule has 0 saturated carbocycles. The fourth-order valence-corrected chi connectivity index (χ4v) is 0.348. The molecule has 0 atom stereocenters. The molecule has 0 amide bonds. The van der Waals surface area contributed by atoms with Crippen molar-refractivity contribution in [1.29, 1.82) is 0 Å². The van der Waals surface area contributed by atoms with Crippen LogP contribution >= 0.6 is 12.4 Å². The molecule has 0 aromatic carbocycles. The van der Waals surface area contributed by atoms with Crippen molar-refractivity contribution in [3.8, 4) is 0 Å². The van der Waals surface area contributed by atoms with E-state index in [0.29, 0.717) is 0 Å². The van der Waals surface area contributed by atoms with Gasteiger partial charge in [0.1, 0.15) is 5.78 Å². The molecule has 0 aromatic heterocycles. The maximum absolute atomic E-state index is 10.3. The summed E-state index contributed by atoms with van der Waals surface area (Å²) in [6, 6.07) is 0. The minimum atomic E-state index is -0.961. The van der Waals surface area contributed by atoms with Crippen LogP contribution < -0.4 is 5.73 Å². The second-order valence-corrected chi connectivity index (χ2v) is 1.64. The van der Waals surface area contributed by atoms with Gasteiger partial charge in [0.05, 0.1) is 13.0 Å². The van der Waals surface area contributed by atoms with E-state index < -0.39 is 5.97 Å².